The van der Waals surface area contributed by atoms with Gasteiger partial charge in [0.25, 0.3) is 5.56 Å². The highest BCUT2D eigenvalue weighted by Gasteiger charge is 2.16. The molecular formula is C24H23N5O4S. The third-order valence-corrected chi connectivity index (χ3v) is 5.99. The largest absolute Gasteiger partial charge is 0.462 e. The SMILES string of the molecule is CCOC(=O)c1ccc(NC(=O)CSc2nc3cnn(C)c3c(=O)n2Cc2ccccc2)cc1. The Morgan fingerprint density at radius 3 is 2.53 bits per heavy atom. The van der Waals surface area contributed by atoms with Gasteiger partial charge in [-0.25, -0.2) is 9.78 Å². The quantitative estimate of drug-likeness (QED) is 0.236. The minimum atomic E-state index is -0.413. The Balaban J connectivity index is 1.51. The number of ether oxygens (including phenoxy) is 1. The monoisotopic (exact) mass is 477 g/mol. The lowest BCUT2D eigenvalue weighted by Gasteiger charge is -2.12. The molecular weight excluding hydrogens is 454 g/mol. The number of esters is 1. The lowest BCUT2D eigenvalue weighted by molar-refractivity contribution is -0.113. The number of aryl methyl sites for hydroxylation is 1. The van der Waals surface area contributed by atoms with Crippen LogP contribution in [0.3, 0.4) is 0 Å². The van der Waals surface area contributed by atoms with Gasteiger partial charge in [0, 0.05) is 12.7 Å². The number of rotatable bonds is 8. The maximum absolute atomic E-state index is 13.2. The van der Waals surface area contributed by atoms with E-state index in [0.717, 1.165) is 5.56 Å². The number of fused-ring (bicyclic) bond motifs is 1. The number of anilines is 1. The van der Waals surface area contributed by atoms with E-state index in [0.29, 0.717) is 40.6 Å². The van der Waals surface area contributed by atoms with Gasteiger partial charge < -0.3 is 10.1 Å². The summed E-state index contributed by atoms with van der Waals surface area (Å²) >= 11 is 1.18. The van der Waals surface area contributed by atoms with Gasteiger partial charge in [-0.1, -0.05) is 42.1 Å². The molecule has 0 bridgehead atoms. The van der Waals surface area contributed by atoms with Crippen molar-refractivity contribution in [1.29, 1.82) is 0 Å². The molecule has 1 amide bonds. The summed E-state index contributed by atoms with van der Waals surface area (Å²) in [6.45, 7) is 2.36. The second-order valence-electron chi connectivity index (χ2n) is 7.41. The van der Waals surface area contributed by atoms with Crippen molar-refractivity contribution >= 4 is 40.4 Å². The summed E-state index contributed by atoms with van der Waals surface area (Å²) in [5, 5.41) is 7.37. The number of amides is 1. The molecule has 0 aliphatic heterocycles. The molecule has 174 valence electrons. The molecule has 0 unspecified atom stereocenters. The van der Waals surface area contributed by atoms with Crippen LogP contribution in [0.2, 0.25) is 0 Å². The van der Waals surface area contributed by atoms with Crippen molar-refractivity contribution in [2.45, 2.75) is 18.6 Å². The van der Waals surface area contributed by atoms with Gasteiger partial charge in [-0.05, 0) is 36.8 Å². The van der Waals surface area contributed by atoms with Crippen LogP contribution in [-0.2, 0) is 23.1 Å². The van der Waals surface area contributed by atoms with Crippen LogP contribution in [0, 0.1) is 0 Å². The van der Waals surface area contributed by atoms with E-state index in [9.17, 15) is 14.4 Å². The van der Waals surface area contributed by atoms with Crippen molar-refractivity contribution in [3.05, 3.63) is 82.3 Å². The van der Waals surface area contributed by atoms with Crippen LogP contribution in [-0.4, -0.2) is 43.6 Å². The highest BCUT2D eigenvalue weighted by atomic mass is 32.2. The zero-order valence-electron chi connectivity index (χ0n) is 18.7. The van der Waals surface area contributed by atoms with Crippen molar-refractivity contribution in [1.82, 2.24) is 19.3 Å². The van der Waals surface area contributed by atoms with E-state index in [1.807, 2.05) is 30.3 Å². The third kappa shape index (κ3) is 5.18. The first-order valence-electron chi connectivity index (χ1n) is 10.6. The fourth-order valence-electron chi connectivity index (χ4n) is 3.38. The van der Waals surface area contributed by atoms with Crippen LogP contribution in [0.5, 0.6) is 0 Å². The molecule has 2 heterocycles. The summed E-state index contributed by atoms with van der Waals surface area (Å²) < 4.78 is 8.03. The van der Waals surface area contributed by atoms with Gasteiger partial charge in [-0.3, -0.25) is 18.8 Å². The predicted octanol–water partition coefficient (Wildman–Crippen LogP) is 3.09. The van der Waals surface area contributed by atoms with Crippen LogP contribution in [0.15, 0.2) is 70.7 Å². The summed E-state index contributed by atoms with van der Waals surface area (Å²) in [7, 11) is 1.70. The molecule has 0 aliphatic rings. The average molecular weight is 478 g/mol. The number of benzene rings is 2. The molecule has 4 rings (SSSR count). The maximum atomic E-state index is 13.2. The zero-order chi connectivity index (χ0) is 24.1. The van der Waals surface area contributed by atoms with Gasteiger partial charge >= 0.3 is 5.97 Å². The number of carbonyl (C=O) groups is 2. The Bertz CT molecular complexity index is 1380. The van der Waals surface area contributed by atoms with Crippen molar-refractivity contribution in [3.63, 3.8) is 0 Å². The second kappa shape index (κ2) is 10.3. The van der Waals surface area contributed by atoms with E-state index >= 15 is 0 Å². The van der Waals surface area contributed by atoms with Crippen molar-refractivity contribution in [3.8, 4) is 0 Å². The Labute approximate surface area is 199 Å². The minimum Gasteiger partial charge on any atom is -0.462 e. The number of hydrogen-bond acceptors (Lipinski definition) is 7. The fourth-order valence-corrected chi connectivity index (χ4v) is 4.18. The van der Waals surface area contributed by atoms with Crippen LogP contribution in [0.1, 0.15) is 22.8 Å². The summed E-state index contributed by atoms with van der Waals surface area (Å²) in [6.07, 6.45) is 1.54. The minimum absolute atomic E-state index is 0.0482. The molecule has 0 radical (unpaired) electrons. The van der Waals surface area contributed by atoms with Gasteiger partial charge in [0.15, 0.2) is 10.7 Å². The number of hydrogen-bond donors (Lipinski definition) is 1. The lowest BCUT2D eigenvalue weighted by atomic mass is 10.2. The van der Waals surface area contributed by atoms with Gasteiger partial charge in [-0.15, -0.1) is 0 Å². The number of thioether (sulfide) groups is 1. The lowest BCUT2D eigenvalue weighted by Crippen LogP contribution is -2.26. The molecule has 1 N–H and O–H groups in total. The van der Waals surface area contributed by atoms with Crippen LogP contribution < -0.4 is 10.9 Å². The predicted molar refractivity (Wildman–Crippen MR) is 130 cm³/mol. The first-order valence-corrected chi connectivity index (χ1v) is 11.6. The first-order chi connectivity index (χ1) is 16.5. The summed E-state index contributed by atoms with van der Waals surface area (Å²) in [6, 6.07) is 16.1. The third-order valence-electron chi connectivity index (χ3n) is 5.01. The Hall–Kier alpha value is -3.92. The van der Waals surface area contributed by atoms with Crippen molar-refractivity contribution < 1.29 is 14.3 Å². The number of aromatic nitrogens is 4. The van der Waals surface area contributed by atoms with E-state index in [1.165, 1.54) is 16.4 Å². The van der Waals surface area contributed by atoms with E-state index in [1.54, 1.807) is 49.0 Å². The zero-order valence-corrected chi connectivity index (χ0v) is 19.5. The maximum Gasteiger partial charge on any atom is 0.338 e. The normalized spacial score (nSPS) is 10.9. The summed E-state index contributed by atoms with van der Waals surface area (Å²) in [5.74, 6) is -0.628. The molecule has 2 aromatic carbocycles. The number of nitrogens with zero attached hydrogens (tertiary/aromatic N) is 4. The van der Waals surface area contributed by atoms with Gasteiger partial charge in [-0.2, -0.15) is 5.10 Å². The molecule has 2 aromatic heterocycles. The van der Waals surface area contributed by atoms with Crippen molar-refractivity contribution in [2.24, 2.45) is 7.05 Å². The molecule has 0 saturated heterocycles. The summed E-state index contributed by atoms with van der Waals surface area (Å²) in [4.78, 5) is 42.1. The topological polar surface area (TPSA) is 108 Å². The van der Waals surface area contributed by atoms with E-state index in [2.05, 4.69) is 15.4 Å². The molecule has 10 heteroatoms. The molecule has 0 saturated carbocycles. The van der Waals surface area contributed by atoms with Crippen LogP contribution in [0.25, 0.3) is 11.0 Å². The molecule has 34 heavy (non-hydrogen) atoms. The number of carbonyl (C=O) groups excluding carboxylic acids is 2. The Kier molecular flexibility index (Phi) is 7.07. The first kappa shape index (κ1) is 23.2. The second-order valence-corrected chi connectivity index (χ2v) is 8.35. The van der Waals surface area contributed by atoms with E-state index < -0.39 is 5.97 Å². The molecule has 9 nitrogen and oxygen atoms in total. The number of nitrogens with one attached hydrogen (secondary N) is 1. The van der Waals surface area contributed by atoms with Crippen LogP contribution in [0.4, 0.5) is 5.69 Å². The highest BCUT2D eigenvalue weighted by Crippen LogP contribution is 2.19. The molecule has 0 atom stereocenters. The van der Waals surface area contributed by atoms with Gasteiger partial charge in [0.2, 0.25) is 5.91 Å². The Morgan fingerprint density at radius 1 is 1.09 bits per heavy atom. The van der Waals surface area contributed by atoms with Gasteiger partial charge in [0.1, 0.15) is 5.52 Å². The van der Waals surface area contributed by atoms with Gasteiger partial charge in [0.05, 0.1) is 30.7 Å². The van der Waals surface area contributed by atoms with E-state index in [-0.39, 0.29) is 17.2 Å². The molecule has 0 aliphatic carbocycles. The van der Waals surface area contributed by atoms with Crippen molar-refractivity contribution in [2.75, 3.05) is 17.7 Å². The van der Waals surface area contributed by atoms with E-state index in [4.69, 9.17) is 4.74 Å². The smallest absolute Gasteiger partial charge is 0.338 e. The Morgan fingerprint density at radius 2 is 1.82 bits per heavy atom. The molecule has 4 aromatic rings. The molecule has 0 fully saturated rings. The summed E-state index contributed by atoms with van der Waals surface area (Å²) in [5.41, 5.74) is 2.58. The fraction of sp³-hybridized carbons (Fsp3) is 0.208. The average Bonchev–Trinajstić information content (AvgIpc) is 3.21. The van der Waals surface area contributed by atoms with Crippen LogP contribution >= 0.6 is 11.8 Å². The molecule has 0 spiro atoms. The highest BCUT2D eigenvalue weighted by molar-refractivity contribution is 7.99. The standard InChI is InChI=1S/C24H23N5O4S/c1-3-33-23(32)17-9-11-18(12-10-17)26-20(30)15-34-24-27-19-13-25-28(2)21(19)22(31)29(24)14-16-7-5-4-6-8-16/h4-13H,3,14-15H2,1-2H3,(H,26,30).